The molecular formula is C23H19N3O3. The van der Waals surface area contributed by atoms with Crippen molar-refractivity contribution in [1.82, 2.24) is 4.98 Å². The summed E-state index contributed by atoms with van der Waals surface area (Å²) >= 11 is 0. The first-order valence-corrected chi connectivity index (χ1v) is 9.50. The molecule has 0 unspecified atom stereocenters. The highest BCUT2D eigenvalue weighted by Gasteiger charge is 2.60. The molecule has 2 aromatic carbocycles. The molecule has 2 saturated heterocycles. The second-order valence-electron chi connectivity index (χ2n) is 7.30. The van der Waals surface area contributed by atoms with Crippen molar-refractivity contribution in [3.63, 3.8) is 0 Å². The van der Waals surface area contributed by atoms with Gasteiger partial charge in [-0.3, -0.25) is 19.4 Å². The maximum Gasteiger partial charge on any atom is 0.266 e. The minimum absolute atomic E-state index is 0.252. The molecule has 3 atom stereocenters. The highest BCUT2D eigenvalue weighted by Crippen LogP contribution is 2.47. The Morgan fingerprint density at radius 3 is 2.41 bits per heavy atom. The number of benzene rings is 2. The Labute approximate surface area is 168 Å². The standard InChI is InChI=1S/C23H19N3O3/c1-15-7-5-11-18(13-15)25-22(27)19-20(16-8-6-12-24-14-16)26(29-21(19)23(25)28)17-9-3-2-4-10-17/h2-14,19-21H,1H3/t19-,20-,21+/m1/s1. The Balaban J connectivity index is 1.59. The lowest BCUT2D eigenvalue weighted by Gasteiger charge is -2.28. The maximum absolute atomic E-state index is 13.4. The van der Waals surface area contributed by atoms with E-state index in [-0.39, 0.29) is 11.8 Å². The predicted octanol–water partition coefficient (Wildman–Crippen LogP) is 3.44. The van der Waals surface area contributed by atoms with Crippen LogP contribution in [0.25, 0.3) is 0 Å². The molecule has 144 valence electrons. The molecule has 6 nitrogen and oxygen atoms in total. The molecule has 2 aliphatic heterocycles. The largest absolute Gasteiger partial charge is 0.273 e. The molecule has 3 heterocycles. The topological polar surface area (TPSA) is 62.7 Å². The summed E-state index contributed by atoms with van der Waals surface area (Å²) < 4.78 is 0. The Hall–Kier alpha value is -3.51. The molecular weight excluding hydrogens is 366 g/mol. The minimum Gasteiger partial charge on any atom is -0.273 e. The van der Waals surface area contributed by atoms with E-state index in [1.54, 1.807) is 23.5 Å². The summed E-state index contributed by atoms with van der Waals surface area (Å²) in [4.78, 5) is 38.2. The maximum atomic E-state index is 13.4. The number of aryl methyl sites for hydroxylation is 1. The third kappa shape index (κ3) is 2.80. The summed E-state index contributed by atoms with van der Waals surface area (Å²) in [5.74, 6) is -1.23. The predicted molar refractivity (Wildman–Crippen MR) is 108 cm³/mol. The number of imide groups is 1. The van der Waals surface area contributed by atoms with Crippen LogP contribution in [0.2, 0.25) is 0 Å². The summed E-state index contributed by atoms with van der Waals surface area (Å²) in [7, 11) is 0. The molecule has 29 heavy (non-hydrogen) atoms. The van der Waals surface area contributed by atoms with Gasteiger partial charge >= 0.3 is 0 Å². The highest BCUT2D eigenvalue weighted by molar-refractivity contribution is 6.23. The molecule has 2 fully saturated rings. The van der Waals surface area contributed by atoms with Crippen LogP contribution < -0.4 is 9.96 Å². The van der Waals surface area contributed by atoms with Crippen LogP contribution in [0.4, 0.5) is 11.4 Å². The van der Waals surface area contributed by atoms with E-state index in [9.17, 15) is 9.59 Å². The second-order valence-corrected chi connectivity index (χ2v) is 7.30. The number of amides is 2. The van der Waals surface area contributed by atoms with Crippen LogP contribution in [0.3, 0.4) is 0 Å². The lowest BCUT2D eigenvalue weighted by atomic mass is 9.91. The van der Waals surface area contributed by atoms with Gasteiger partial charge in [0.1, 0.15) is 5.92 Å². The first-order chi connectivity index (χ1) is 14.1. The van der Waals surface area contributed by atoms with Gasteiger partial charge in [-0.1, -0.05) is 36.4 Å². The molecule has 3 aromatic rings. The number of hydrogen-bond donors (Lipinski definition) is 0. The van der Waals surface area contributed by atoms with Crippen LogP contribution in [0.15, 0.2) is 79.1 Å². The van der Waals surface area contributed by atoms with E-state index >= 15 is 0 Å². The average Bonchev–Trinajstić information content (AvgIpc) is 3.26. The first-order valence-electron chi connectivity index (χ1n) is 9.50. The number of rotatable bonds is 3. The van der Waals surface area contributed by atoms with E-state index in [1.165, 1.54) is 4.90 Å². The van der Waals surface area contributed by atoms with Gasteiger partial charge < -0.3 is 0 Å². The van der Waals surface area contributed by atoms with Crippen molar-refractivity contribution in [3.8, 4) is 0 Å². The van der Waals surface area contributed by atoms with Crippen molar-refractivity contribution < 1.29 is 14.4 Å². The summed E-state index contributed by atoms with van der Waals surface area (Å²) in [6, 6.07) is 20.2. The lowest BCUT2D eigenvalue weighted by Crippen LogP contribution is -2.37. The lowest BCUT2D eigenvalue weighted by molar-refractivity contribution is -0.126. The molecule has 2 amide bonds. The molecule has 0 spiro atoms. The zero-order valence-corrected chi connectivity index (χ0v) is 15.8. The van der Waals surface area contributed by atoms with Crippen LogP contribution in [0.1, 0.15) is 17.2 Å². The fraction of sp³-hybridized carbons (Fsp3) is 0.174. The SMILES string of the molecule is Cc1cccc(N2C(=O)[C@H]3[C@H](ON(c4ccccc4)[C@@H]3c3cccnc3)C2=O)c1. The van der Waals surface area contributed by atoms with Gasteiger partial charge in [0.05, 0.1) is 17.4 Å². The van der Waals surface area contributed by atoms with E-state index in [0.717, 1.165) is 16.8 Å². The molecule has 0 aliphatic carbocycles. The van der Waals surface area contributed by atoms with Gasteiger partial charge in [-0.05, 0) is 48.4 Å². The van der Waals surface area contributed by atoms with Gasteiger partial charge in [0.2, 0.25) is 5.91 Å². The van der Waals surface area contributed by atoms with Crippen molar-refractivity contribution >= 4 is 23.2 Å². The van der Waals surface area contributed by atoms with E-state index in [1.807, 2.05) is 67.6 Å². The molecule has 6 heteroatoms. The zero-order valence-electron chi connectivity index (χ0n) is 15.8. The molecule has 0 saturated carbocycles. The molecule has 1 aromatic heterocycles. The van der Waals surface area contributed by atoms with E-state index in [2.05, 4.69) is 4.98 Å². The third-order valence-corrected chi connectivity index (χ3v) is 5.41. The number of para-hydroxylation sites is 1. The molecule has 0 radical (unpaired) electrons. The fourth-order valence-corrected chi connectivity index (χ4v) is 4.12. The van der Waals surface area contributed by atoms with Crippen molar-refractivity contribution in [2.75, 3.05) is 9.96 Å². The van der Waals surface area contributed by atoms with Gasteiger partial charge in [-0.2, -0.15) is 0 Å². The number of fused-ring (bicyclic) bond motifs is 1. The van der Waals surface area contributed by atoms with Gasteiger partial charge in [0, 0.05) is 12.4 Å². The van der Waals surface area contributed by atoms with Crippen molar-refractivity contribution in [1.29, 1.82) is 0 Å². The van der Waals surface area contributed by atoms with Crippen LogP contribution in [0, 0.1) is 12.8 Å². The first kappa shape index (κ1) is 17.6. The number of anilines is 2. The van der Waals surface area contributed by atoms with Crippen LogP contribution in [-0.2, 0) is 14.4 Å². The zero-order chi connectivity index (χ0) is 20.0. The fourth-order valence-electron chi connectivity index (χ4n) is 4.12. The number of aromatic nitrogens is 1. The van der Waals surface area contributed by atoms with Crippen molar-refractivity contribution in [2.24, 2.45) is 5.92 Å². The third-order valence-electron chi connectivity index (χ3n) is 5.41. The number of hydroxylamine groups is 1. The number of pyridine rings is 1. The second kappa shape index (κ2) is 6.83. The quantitative estimate of drug-likeness (QED) is 0.647. The van der Waals surface area contributed by atoms with E-state index in [0.29, 0.717) is 5.69 Å². The Kier molecular flexibility index (Phi) is 4.14. The summed E-state index contributed by atoms with van der Waals surface area (Å²) in [6.07, 6.45) is 2.54. The smallest absolute Gasteiger partial charge is 0.266 e. The number of nitrogens with zero attached hydrogens (tertiary/aromatic N) is 3. The van der Waals surface area contributed by atoms with E-state index < -0.39 is 18.1 Å². The van der Waals surface area contributed by atoms with E-state index in [4.69, 9.17) is 4.84 Å². The number of hydrogen-bond acceptors (Lipinski definition) is 5. The molecule has 0 bridgehead atoms. The Morgan fingerprint density at radius 2 is 1.69 bits per heavy atom. The van der Waals surface area contributed by atoms with Crippen LogP contribution in [0.5, 0.6) is 0 Å². The minimum atomic E-state index is -0.867. The Bertz CT molecular complexity index is 1070. The van der Waals surface area contributed by atoms with Crippen molar-refractivity contribution in [2.45, 2.75) is 19.1 Å². The average molecular weight is 385 g/mol. The van der Waals surface area contributed by atoms with Gasteiger partial charge in [-0.25, -0.2) is 9.96 Å². The molecule has 0 N–H and O–H groups in total. The monoisotopic (exact) mass is 385 g/mol. The normalized spacial score (nSPS) is 23.6. The van der Waals surface area contributed by atoms with Gasteiger partial charge in [0.25, 0.3) is 5.91 Å². The van der Waals surface area contributed by atoms with Crippen LogP contribution in [-0.4, -0.2) is 22.9 Å². The van der Waals surface area contributed by atoms with Gasteiger partial charge in [0.15, 0.2) is 6.10 Å². The Morgan fingerprint density at radius 1 is 0.897 bits per heavy atom. The van der Waals surface area contributed by atoms with Crippen LogP contribution >= 0.6 is 0 Å². The van der Waals surface area contributed by atoms with Gasteiger partial charge in [-0.15, -0.1) is 0 Å². The number of carbonyl (C=O) groups is 2. The summed E-state index contributed by atoms with van der Waals surface area (Å²) in [6.45, 7) is 1.93. The number of carbonyl (C=O) groups excluding carboxylic acids is 2. The molecule has 5 rings (SSSR count). The highest BCUT2D eigenvalue weighted by atomic mass is 16.7. The molecule has 2 aliphatic rings. The summed E-state index contributed by atoms with van der Waals surface area (Å²) in [5.41, 5.74) is 3.18. The van der Waals surface area contributed by atoms with Crippen molar-refractivity contribution in [3.05, 3.63) is 90.3 Å². The summed E-state index contributed by atoms with van der Waals surface area (Å²) in [5, 5.41) is 1.68.